The van der Waals surface area contributed by atoms with E-state index in [1.807, 2.05) is 6.08 Å². The van der Waals surface area contributed by atoms with Crippen LogP contribution in [0.2, 0.25) is 0 Å². The lowest BCUT2D eigenvalue weighted by Crippen LogP contribution is -2.44. The van der Waals surface area contributed by atoms with Crippen LogP contribution in [0.25, 0.3) is 0 Å². The Bertz CT molecular complexity index is 303. The molecule has 1 heterocycles. The molecule has 2 aliphatic rings. The average molecular weight is 238 g/mol. The molecule has 17 heavy (non-hydrogen) atoms. The molecular formula is C14H26N2O. The van der Waals surface area contributed by atoms with Gasteiger partial charge in [-0.15, -0.1) is 0 Å². The van der Waals surface area contributed by atoms with Gasteiger partial charge in [0.2, 0.25) is 0 Å². The van der Waals surface area contributed by atoms with Crippen LogP contribution in [-0.2, 0) is 0 Å². The summed E-state index contributed by atoms with van der Waals surface area (Å²) in [5.41, 5.74) is 5.90. The highest BCUT2D eigenvalue weighted by molar-refractivity contribution is 5.16. The number of hydrogen-bond acceptors (Lipinski definition) is 3. The maximum absolute atomic E-state index is 10.5. The van der Waals surface area contributed by atoms with Crippen molar-refractivity contribution in [3.05, 3.63) is 12.3 Å². The molecule has 3 heteroatoms. The molecule has 1 aliphatic carbocycles. The van der Waals surface area contributed by atoms with Gasteiger partial charge in [-0.2, -0.15) is 0 Å². The van der Waals surface area contributed by atoms with Gasteiger partial charge >= 0.3 is 0 Å². The number of likely N-dealkylation sites (tertiary alicyclic amines) is 1. The Hall–Kier alpha value is -0.540. The van der Waals surface area contributed by atoms with Crippen LogP contribution in [0.15, 0.2) is 12.3 Å². The topological polar surface area (TPSA) is 49.5 Å². The number of hydrogen-bond donors (Lipinski definition) is 2. The summed E-state index contributed by atoms with van der Waals surface area (Å²) in [7, 11) is 0. The third kappa shape index (κ3) is 2.11. The van der Waals surface area contributed by atoms with Gasteiger partial charge in [0, 0.05) is 13.1 Å². The third-order valence-corrected chi connectivity index (χ3v) is 4.73. The molecular weight excluding hydrogens is 212 g/mol. The van der Waals surface area contributed by atoms with E-state index in [9.17, 15) is 5.11 Å². The summed E-state index contributed by atoms with van der Waals surface area (Å²) < 4.78 is 0. The molecule has 3 N–H and O–H groups in total. The monoisotopic (exact) mass is 238 g/mol. The molecule has 98 valence electrons. The molecule has 1 saturated carbocycles. The van der Waals surface area contributed by atoms with E-state index in [4.69, 9.17) is 5.73 Å². The lowest BCUT2D eigenvalue weighted by Gasteiger charge is -2.34. The van der Waals surface area contributed by atoms with E-state index in [-0.39, 0.29) is 6.10 Å². The lowest BCUT2D eigenvalue weighted by molar-refractivity contribution is 0.0299. The van der Waals surface area contributed by atoms with E-state index >= 15 is 0 Å². The molecule has 1 aliphatic heterocycles. The van der Waals surface area contributed by atoms with E-state index in [0.29, 0.717) is 23.9 Å². The zero-order chi connectivity index (χ0) is 12.6. The molecule has 0 bridgehead atoms. The van der Waals surface area contributed by atoms with Crippen molar-refractivity contribution in [1.82, 2.24) is 4.90 Å². The second-order valence-corrected chi connectivity index (χ2v) is 6.13. The average Bonchev–Trinajstić information content (AvgIpc) is 2.78. The second kappa shape index (κ2) is 4.62. The first-order chi connectivity index (χ1) is 8.03. The van der Waals surface area contributed by atoms with Crippen LogP contribution in [0.3, 0.4) is 0 Å². The van der Waals surface area contributed by atoms with Gasteiger partial charge in [0.1, 0.15) is 0 Å². The zero-order valence-corrected chi connectivity index (χ0v) is 11.3. The quantitative estimate of drug-likeness (QED) is 0.782. The van der Waals surface area contributed by atoms with Gasteiger partial charge in [0.25, 0.3) is 0 Å². The first kappa shape index (κ1) is 12.9. The lowest BCUT2D eigenvalue weighted by atomic mass is 9.86. The SMILES string of the molecule is CC(C)[C@@H](O)C1N(/C=C/CN)CCC12C[C@H]2C. The van der Waals surface area contributed by atoms with E-state index < -0.39 is 0 Å². The van der Waals surface area contributed by atoms with Gasteiger partial charge in [-0.05, 0) is 36.3 Å². The minimum atomic E-state index is -0.232. The Kier molecular flexibility index (Phi) is 3.50. The van der Waals surface area contributed by atoms with E-state index in [2.05, 4.69) is 31.9 Å². The van der Waals surface area contributed by atoms with Gasteiger partial charge < -0.3 is 15.7 Å². The second-order valence-electron chi connectivity index (χ2n) is 6.13. The molecule has 0 aromatic rings. The van der Waals surface area contributed by atoms with Crippen molar-refractivity contribution in [3.8, 4) is 0 Å². The molecule has 0 radical (unpaired) electrons. The molecule has 0 amide bonds. The minimum Gasteiger partial charge on any atom is -0.391 e. The maximum Gasteiger partial charge on any atom is 0.0771 e. The Morgan fingerprint density at radius 1 is 1.53 bits per heavy atom. The highest BCUT2D eigenvalue weighted by atomic mass is 16.3. The van der Waals surface area contributed by atoms with E-state index in [1.165, 1.54) is 12.8 Å². The van der Waals surface area contributed by atoms with Crippen molar-refractivity contribution in [2.45, 2.75) is 45.8 Å². The van der Waals surface area contributed by atoms with Crippen molar-refractivity contribution in [3.63, 3.8) is 0 Å². The fourth-order valence-electron chi connectivity index (χ4n) is 3.49. The maximum atomic E-state index is 10.5. The van der Waals surface area contributed by atoms with E-state index in [1.54, 1.807) is 0 Å². The summed E-state index contributed by atoms with van der Waals surface area (Å²) in [5, 5.41) is 10.5. The Balaban J connectivity index is 2.16. The fourth-order valence-corrected chi connectivity index (χ4v) is 3.49. The first-order valence-corrected chi connectivity index (χ1v) is 6.83. The number of aliphatic hydroxyl groups excluding tert-OH is 1. The summed E-state index contributed by atoms with van der Waals surface area (Å²) in [6, 6.07) is 0.292. The highest BCUT2D eigenvalue weighted by Gasteiger charge is 2.62. The van der Waals surface area contributed by atoms with Gasteiger partial charge in [-0.1, -0.05) is 26.8 Å². The Morgan fingerprint density at radius 2 is 2.18 bits per heavy atom. The first-order valence-electron chi connectivity index (χ1n) is 6.83. The number of nitrogens with zero attached hydrogens (tertiary/aromatic N) is 1. The van der Waals surface area contributed by atoms with E-state index in [0.717, 1.165) is 12.5 Å². The number of aliphatic hydroxyl groups is 1. The molecule has 0 aromatic carbocycles. The smallest absolute Gasteiger partial charge is 0.0771 e. The Morgan fingerprint density at radius 3 is 2.65 bits per heavy atom. The third-order valence-electron chi connectivity index (χ3n) is 4.73. The summed E-state index contributed by atoms with van der Waals surface area (Å²) >= 11 is 0. The molecule has 2 unspecified atom stereocenters. The van der Waals surface area contributed by atoms with Crippen molar-refractivity contribution in [2.24, 2.45) is 23.0 Å². The summed E-state index contributed by atoms with van der Waals surface area (Å²) in [6.45, 7) is 8.16. The highest BCUT2D eigenvalue weighted by Crippen LogP contribution is 2.62. The van der Waals surface area contributed by atoms with Crippen molar-refractivity contribution >= 4 is 0 Å². The van der Waals surface area contributed by atoms with Crippen LogP contribution in [0.5, 0.6) is 0 Å². The van der Waals surface area contributed by atoms with Crippen LogP contribution in [0.1, 0.15) is 33.6 Å². The van der Waals surface area contributed by atoms with Crippen molar-refractivity contribution < 1.29 is 5.11 Å². The standard InChI is InChI=1S/C14H26N2O/c1-10(2)12(17)13-14(9-11(14)3)5-8-16(13)7-4-6-15/h4,7,10-13,17H,5-6,8-9,15H2,1-3H3/b7-4+/t11-,12-,13?,14?/m1/s1. The van der Waals surface area contributed by atoms with Crippen LogP contribution in [0.4, 0.5) is 0 Å². The molecule has 0 aromatic heterocycles. The predicted octanol–water partition coefficient (Wildman–Crippen LogP) is 1.58. The minimum absolute atomic E-state index is 0.232. The molecule has 2 rings (SSSR count). The summed E-state index contributed by atoms with van der Waals surface area (Å²) in [6.07, 6.45) is 6.35. The molecule has 1 saturated heterocycles. The van der Waals surface area contributed by atoms with Crippen LogP contribution >= 0.6 is 0 Å². The fraction of sp³-hybridized carbons (Fsp3) is 0.857. The van der Waals surface area contributed by atoms with Crippen LogP contribution in [-0.4, -0.2) is 35.2 Å². The largest absolute Gasteiger partial charge is 0.391 e. The number of nitrogens with two attached hydrogens (primary N) is 1. The normalized spacial score (nSPS) is 38.6. The van der Waals surface area contributed by atoms with Crippen molar-refractivity contribution in [2.75, 3.05) is 13.1 Å². The molecule has 2 fully saturated rings. The van der Waals surface area contributed by atoms with Gasteiger partial charge in [-0.25, -0.2) is 0 Å². The zero-order valence-electron chi connectivity index (χ0n) is 11.3. The van der Waals surface area contributed by atoms with Crippen LogP contribution in [0, 0.1) is 17.3 Å². The van der Waals surface area contributed by atoms with Gasteiger partial charge in [0.05, 0.1) is 12.1 Å². The van der Waals surface area contributed by atoms with Gasteiger partial charge in [0.15, 0.2) is 0 Å². The van der Waals surface area contributed by atoms with Gasteiger partial charge in [-0.3, -0.25) is 0 Å². The Labute approximate surface area is 105 Å². The molecule has 4 atom stereocenters. The van der Waals surface area contributed by atoms with Crippen LogP contribution < -0.4 is 5.73 Å². The van der Waals surface area contributed by atoms with Crippen molar-refractivity contribution in [1.29, 1.82) is 0 Å². The summed E-state index contributed by atoms with van der Waals surface area (Å²) in [4.78, 5) is 2.32. The molecule has 3 nitrogen and oxygen atoms in total. The summed E-state index contributed by atoms with van der Waals surface area (Å²) in [5.74, 6) is 1.08. The predicted molar refractivity (Wildman–Crippen MR) is 70.4 cm³/mol. The number of rotatable bonds is 4. The molecule has 1 spiro atoms.